The number of carbonyl (C=O) groups excluding carboxylic acids is 2. The topological polar surface area (TPSA) is 67.4 Å². The van der Waals surface area contributed by atoms with Gasteiger partial charge < -0.3 is 15.4 Å². The van der Waals surface area contributed by atoms with Crippen molar-refractivity contribution in [2.24, 2.45) is 17.8 Å². The van der Waals surface area contributed by atoms with E-state index >= 15 is 0 Å². The number of halogens is 1. The van der Waals surface area contributed by atoms with Crippen LogP contribution in [-0.4, -0.2) is 31.6 Å². The normalized spacial score (nSPS) is 23.2. The Morgan fingerprint density at radius 1 is 1.04 bits per heavy atom. The van der Waals surface area contributed by atoms with E-state index in [4.69, 9.17) is 16.3 Å². The van der Waals surface area contributed by atoms with Gasteiger partial charge in [0.1, 0.15) is 0 Å². The van der Waals surface area contributed by atoms with Gasteiger partial charge in [-0.15, -0.1) is 0 Å². The highest BCUT2D eigenvalue weighted by atomic mass is 35.5. The minimum atomic E-state index is -0.706. The Kier molecular flexibility index (Phi) is 5.14. The smallest absolute Gasteiger partial charge is 0.313 e. The zero-order valence-electron chi connectivity index (χ0n) is 14.8. The molecule has 1 aliphatic heterocycles. The molecule has 0 bridgehead atoms. The van der Waals surface area contributed by atoms with Crippen LogP contribution in [0.25, 0.3) is 11.1 Å². The number of anilines is 1. The van der Waals surface area contributed by atoms with Crippen molar-refractivity contribution in [1.82, 2.24) is 5.32 Å². The quantitative estimate of drug-likeness (QED) is 0.794. The number of amides is 2. The average molecular weight is 385 g/mol. The van der Waals surface area contributed by atoms with Crippen molar-refractivity contribution in [2.75, 3.05) is 25.1 Å². The molecule has 4 rings (SSSR count). The van der Waals surface area contributed by atoms with Crippen LogP contribution in [0.2, 0.25) is 5.02 Å². The minimum Gasteiger partial charge on any atom is -0.381 e. The van der Waals surface area contributed by atoms with E-state index in [0.29, 0.717) is 35.0 Å². The summed E-state index contributed by atoms with van der Waals surface area (Å²) in [7, 11) is 0. The van der Waals surface area contributed by atoms with Gasteiger partial charge in [-0.3, -0.25) is 9.59 Å². The number of rotatable bonds is 4. The van der Waals surface area contributed by atoms with Gasteiger partial charge >= 0.3 is 11.8 Å². The number of benzene rings is 2. The van der Waals surface area contributed by atoms with Crippen molar-refractivity contribution >= 4 is 29.1 Å². The molecule has 3 atom stereocenters. The summed E-state index contributed by atoms with van der Waals surface area (Å²) in [6.07, 6.45) is 1.04. The van der Waals surface area contributed by atoms with Gasteiger partial charge in [0.2, 0.25) is 0 Å². The number of nitrogens with one attached hydrogen (secondary N) is 2. The number of hydrogen-bond acceptors (Lipinski definition) is 3. The van der Waals surface area contributed by atoms with E-state index in [1.54, 1.807) is 12.1 Å². The van der Waals surface area contributed by atoms with Crippen LogP contribution in [0.4, 0.5) is 5.69 Å². The molecule has 6 heteroatoms. The van der Waals surface area contributed by atoms with Crippen LogP contribution in [0.5, 0.6) is 0 Å². The zero-order chi connectivity index (χ0) is 18.8. The van der Waals surface area contributed by atoms with Gasteiger partial charge in [-0.1, -0.05) is 48.0 Å². The molecule has 140 valence electrons. The Morgan fingerprint density at radius 2 is 1.85 bits per heavy atom. The SMILES string of the molecule is O=C(NCC1C2CCOCC21)C(=O)Nc1cc(-c2ccccc2)ccc1Cl. The Labute approximate surface area is 163 Å². The zero-order valence-corrected chi connectivity index (χ0v) is 15.5. The molecule has 2 aromatic rings. The third kappa shape index (κ3) is 3.99. The molecule has 1 saturated carbocycles. The molecule has 2 fully saturated rings. The summed E-state index contributed by atoms with van der Waals surface area (Å²) in [5, 5.41) is 5.75. The largest absolute Gasteiger partial charge is 0.381 e. The average Bonchev–Trinajstić information content (AvgIpc) is 3.41. The maximum Gasteiger partial charge on any atom is 0.313 e. The summed E-state index contributed by atoms with van der Waals surface area (Å²) in [6, 6.07) is 15.1. The number of carbonyl (C=O) groups is 2. The standard InChI is InChI=1S/C21H21ClN2O3/c22-18-7-6-14(13-4-2-1-3-5-13)10-19(18)24-21(26)20(25)23-11-16-15-8-9-27-12-17(15)16/h1-7,10,15-17H,8-9,11-12H2,(H,23,25)(H,24,26). The summed E-state index contributed by atoms with van der Waals surface area (Å²) in [5.74, 6) is 0.232. The lowest BCUT2D eigenvalue weighted by molar-refractivity contribution is -0.136. The molecule has 1 saturated heterocycles. The summed E-state index contributed by atoms with van der Waals surface area (Å²) in [4.78, 5) is 24.4. The summed E-state index contributed by atoms with van der Waals surface area (Å²) in [6.45, 7) is 2.07. The maximum atomic E-state index is 12.3. The maximum absolute atomic E-state index is 12.3. The third-order valence-corrected chi connectivity index (χ3v) is 5.77. The molecule has 0 aromatic heterocycles. The van der Waals surface area contributed by atoms with E-state index in [2.05, 4.69) is 10.6 Å². The molecule has 0 radical (unpaired) electrons. The minimum absolute atomic E-state index is 0.390. The molecule has 27 heavy (non-hydrogen) atoms. The second kappa shape index (κ2) is 7.71. The van der Waals surface area contributed by atoms with Gasteiger partial charge in [-0.25, -0.2) is 0 Å². The highest BCUT2D eigenvalue weighted by Gasteiger charge is 2.51. The van der Waals surface area contributed by atoms with E-state index in [9.17, 15) is 9.59 Å². The molecule has 1 heterocycles. The van der Waals surface area contributed by atoms with Crippen molar-refractivity contribution in [3.8, 4) is 11.1 Å². The van der Waals surface area contributed by atoms with Gasteiger partial charge in [-0.2, -0.15) is 0 Å². The first-order valence-electron chi connectivity index (χ1n) is 9.15. The molecule has 0 spiro atoms. The van der Waals surface area contributed by atoms with Crippen LogP contribution in [-0.2, 0) is 14.3 Å². The van der Waals surface area contributed by atoms with Crippen LogP contribution in [0, 0.1) is 17.8 Å². The van der Waals surface area contributed by atoms with Crippen LogP contribution in [0.3, 0.4) is 0 Å². The lowest BCUT2D eigenvalue weighted by Crippen LogP contribution is -2.36. The number of ether oxygens (including phenoxy) is 1. The second-order valence-electron chi connectivity index (χ2n) is 7.08. The van der Waals surface area contributed by atoms with Crippen LogP contribution in [0.1, 0.15) is 6.42 Å². The monoisotopic (exact) mass is 384 g/mol. The van der Waals surface area contributed by atoms with E-state index < -0.39 is 11.8 Å². The molecule has 2 aromatic carbocycles. The molecule has 2 aliphatic rings. The Hall–Kier alpha value is -2.37. The van der Waals surface area contributed by atoms with Crippen LogP contribution in [0.15, 0.2) is 48.5 Å². The van der Waals surface area contributed by atoms with Crippen LogP contribution >= 0.6 is 11.6 Å². The van der Waals surface area contributed by atoms with Crippen LogP contribution < -0.4 is 10.6 Å². The summed E-state index contributed by atoms with van der Waals surface area (Å²) < 4.78 is 5.44. The number of hydrogen-bond donors (Lipinski definition) is 2. The molecular weight excluding hydrogens is 364 g/mol. The second-order valence-corrected chi connectivity index (χ2v) is 7.49. The molecule has 3 unspecified atom stereocenters. The van der Waals surface area contributed by atoms with E-state index in [-0.39, 0.29) is 0 Å². The molecular formula is C21H21ClN2O3. The first kappa shape index (κ1) is 18.0. The van der Waals surface area contributed by atoms with Crippen molar-refractivity contribution in [3.63, 3.8) is 0 Å². The van der Waals surface area contributed by atoms with Crippen molar-refractivity contribution in [2.45, 2.75) is 6.42 Å². The molecule has 2 N–H and O–H groups in total. The van der Waals surface area contributed by atoms with Gasteiger partial charge in [0.15, 0.2) is 0 Å². The van der Waals surface area contributed by atoms with Crippen molar-refractivity contribution < 1.29 is 14.3 Å². The Morgan fingerprint density at radius 3 is 2.59 bits per heavy atom. The van der Waals surface area contributed by atoms with Gasteiger partial charge in [0.05, 0.1) is 10.7 Å². The lowest BCUT2D eigenvalue weighted by atomic mass is 10.1. The van der Waals surface area contributed by atoms with E-state index in [0.717, 1.165) is 30.8 Å². The fourth-order valence-corrected chi connectivity index (χ4v) is 4.01. The predicted molar refractivity (Wildman–Crippen MR) is 104 cm³/mol. The molecule has 5 nitrogen and oxygen atoms in total. The lowest BCUT2D eigenvalue weighted by Gasteiger charge is -2.10. The third-order valence-electron chi connectivity index (χ3n) is 5.44. The van der Waals surface area contributed by atoms with E-state index in [1.807, 2.05) is 36.4 Å². The molecule has 1 aliphatic carbocycles. The highest BCUT2D eigenvalue weighted by Crippen LogP contribution is 2.50. The fraction of sp³-hybridized carbons (Fsp3) is 0.333. The van der Waals surface area contributed by atoms with E-state index in [1.165, 1.54) is 0 Å². The summed E-state index contributed by atoms with van der Waals surface area (Å²) in [5.41, 5.74) is 2.34. The van der Waals surface area contributed by atoms with Crippen molar-refractivity contribution in [3.05, 3.63) is 53.6 Å². The Bertz CT molecular complexity index is 844. The summed E-state index contributed by atoms with van der Waals surface area (Å²) >= 11 is 6.19. The number of fused-ring (bicyclic) bond motifs is 1. The first-order chi connectivity index (χ1) is 13.1. The van der Waals surface area contributed by atoms with Gasteiger partial charge in [-0.05, 0) is 47.4 Å². The molecule has 2 amide bonds. The first-order valence-corrected chi connectivity index (χ1v) is 9.53. The van der Waals surface area contributed by atoms with Crippen molar-refractivity contribution in [1.29, 1.82) is 0 Å². The predicted octanol–water partition coefficient (Wildman–Crippen LogP) is 3.34. The van der Waals surface area contributed by atoms with Gasteiger partial charge in [0.25, 0.3) is 0 Å². The highest BCUT2D eigenvalue weighted by molar-refractivity contribution is 6.41. The fourth-order valence-electron chi connectivity index (χ4n) is 3.84. The van der Waals surface area contributed by atoms with Gasteiger partial charge in [0, 0.05) is 19.8 Å². The Balaban J connectivity index is 1.36.